The normalized spacial score (nSPS) is 17.8. The van der Waals surface area contributed by atoms with E-state index in [2.05, 4.69) is 58.0 Å². The maximum atomic E-state index is 13.8. The zero-order chi connectivity index (χ0) is 24.9. The van der Waals surface area contributed by atoms with E-state index in [1.165, 1.54) is 5.56 Å². The molecule has 0 bridgehead atoms. The number of benzene rings is 2. The van der Waals surface area contributed by atoms with Crippen molar-refractivity contribution in [3.63, 3.8) is 0 Å². The molecule has 7 heteroatoms. The molecule has 5 rings (SSSR count). The van der Waals surface area contributed by atoms with E-state index in [0.717, 1.165) is 56.9 Å². The minimum absolute atomic E-state index is 0.0313. The van der Waals surface area contributed by atoms with Crippen LogP contribution in [0.2, 0.25) is 0 Å². The topological polar surface area (TPSA) is 55.8 Å². The van der Waals surface area contributed by atoms with Crippen molar-refractivity contribution < 1.29 is 4.79 Å². The molecule has 188 valence electrons. The van der Waals surface area contributed by atoms with Gasteiger partial charge < -0.3 is 14.7 Å². The van der Waals surface area contributed by atoms with Crippen molar-refractivity contribution in [2.75, 3.05) is 58.3 Å². The Balaban J connectivity index is 1.35. The van der Waals surface area contributed by atoms with Gasteiger partial charge in [0.1, 0.15) is 11.4 Å². The highest BCUT2D eigenvalue weighted by atomic mass is 16.2. The van der Waals surface area contributed by atoms with Gasteiger partial charge in [-0.3, -0.25) is 9.69 Å². The number of amides is 1. The zero-order valence-electron chi connectivity index (χ0n) is 21.4. The Morgan fingerprint density at radius 2 is 1.56 bits per heavy atom. The fourth-order valence-electron chi connectivity index (χ4n) is 5.20. The molecule has 0 spiro atoms. The lowest BCUT2D eigenvalue weighted by Crippen LogP contribution is -2.49. The summed E-state index contributed by atoms with van der Waals surface area (Å²) in [5.74, 6) is 1.44. The van der Waals surface area contributed by atoms with E-state index in [1.54, 1.807) is 6.20 Å². The van der Waals surface area contributed by atoms with Crippen LogP contribution in [0.1, 0.15) is 28.8 Å². The van der Waals surface area contributed by atoms with Crippen molar-refractivity contribution >= 4 is 11.7 Å². The molecule has 0 saturated carbocycles. The minimum Gasteiger partial charge on any atom is -0.356 e. The van der Waals surface area contributed by atoms with Crippen LogP contribution in [0.4, 0.5) is 5.82 Å². The summed E-state index contributed by atoms with van der Waals surface area (Å²) in [5, 5.41) is 0. The molecule has 2 aliphatic rings. The number of piperazine rings is 1. The van der Waals surface area contributed by atoms with Crippen LogP contribution in [0.15, 0.2) is 66.9 Å². The first-order valence-electron chi connectivity index (χ1n) is 13.0. The van der Waals surface area contributed by atoms with E-state index in [0.29, 0.717) is 30.5 Å². The maximum absolute atomic E-state index is 13.8. The Bertz CT molecular complexity index is 1140. The fraction of sp³-hybridized carbons (Fsp3) is 0.414. The standard InChI is InChI=1S/C29H36N6O/c1-32-15-13-25(14-16-32)33(2)28-26(21-30-27(31-28)24-11-7-4-8-12-24)29(36)35-19-17-34(18-20-35)22-23-9-5-3-6-10-23/h3-12,21,25H,13-20,22H2,1-2H3. The van der Waals surface area contributed by atoms with Crippen LogP contribution in [0.5, 0.6) is 0 Å². The van der Waals surface area contributed by atoms with Crippen molar-refractivity contribution in [2.45, 2.75) is 25.4 Å². The third-order valence-electron chi connectivity index (χ3n) is 7.51. The number of piperidine rings is 1. The van der Waals surface area contributed by atoms with Gasteiger partial charge in [-0.2, -0.15) is 0 Å². The zero-order valence-corrected chi connectivity index (χ0v) is 21.4. The number of carbonyl (C=O) groups excluding carboxylic acids is 1. The van der Waals surface area contributed by atoms with Gasteiger partial charge in [-0.25, -0.2) is 9.97 Å². The van der Waals surface area contributed by atoms with Gasteiger partial charge in [-0.1, -0.05) is 60.7 Å². The molecule has 3 heterocycles. The third kappa shape index (κ3) is 5.58. The molecule has 1 aromatic heterocycles. The summed E-state index contributed by atoms with van der Waals surface area (Å²) >= 11 is 0. The second-order valence-corrected chi connectivity index (χ2v) is 10.00. The summed E-state index contributed by atoms with van der Waals surface area (Å²) in [4.78, 5) is 32.3. The first kappa shape index (κ1) is 24.4. The molecule has 7 nitrogen and oxygen atoms in total. The monoisotopic (exact) mass is 484 g/mol. The van der Waals surface area contributed by atoms with Crippen molar-refractivity contribution in [1.82, 2.24) is 24.7 Å². The number of anilines is 1. The number of hydrogen-bond donors (Lipinski definition) is 0. The van der Waals surface area contributed by atoms with Crippen molar-refractivity contribution in [1.29, 1.82) is 0 Å². The first-order chi connectivity index (χ1) is 17.6. The second kappa shape index (κ2) is 11.2. The highest BCUT2D eigenvalue weighted by Gasteiger charge is 2.29. The SMILES string of the molecule is CN1CCC(N(C)c2nc(-c3ccccc3)ncc2C(=O)N2CCN(Cc3ccccc3)CC2)CC1. The van der Waals surface area contributed by atoms with E-state index in [9.17, 15) is 4.79 Å². The van der Waals surface area contributed by atoms with Crippen LogP contribution < -0.4 is 4.90 Å². The van der Waals surface area contributed by atoms with Gasteiger partial charge in [-0.05, 0) is 38.5 Å². The highest BCUT2D eigenvalue weighted by molar-refractivity contribution is 5.99. The average molecular weight is 485 g/mol. The average Bonchev–Trinajstić information content (AvgIpc) is 2.94. The van der Waals surface area contributed by atoms with Gasteiger partial charge in [0.15, 0.2) is 5.82 Å². The minimum atomic E-state index is 0.0313. The predicted octanol–water partition coefficient (Wildman–Crippen LogP) is 3.63. The number of likely N-dealkylation sites (tertiary alicyclic amines) is 1. The van der Waals surface area contributed by atoms with Crippen LogP contribution in [0.25, 0.3) is 11.4 Å². The molecule has 36 heavy (non-hydrogen) atoms. The van der Waals surface area contributed by atoms with Gasteiger partial charge in [0, 0.05) is 57.6 Å². The molecule has 2 aliphatic heterocycles. The fourth-order valence-corrected chi connectivity index (χ4v) is 5.20. The molecule has 1 amide bonds. The smallest absolute Gasteiger partial charge is 0.259 e. The molecular weight excluding hydrogens is 448 g/mol. The second-order valence-electron chi connectivity index (χ2n) is 10.00. The first-order valence-corrected chi connectivity index (χ1v) is 13.0. The molecule has 0 unspecified atom stereocenters. The Morgan fingerprint density at radius 1 is 0.917 bits per heavy atom. The van der Waals surface area contributed by atoms with Crippen LogP contribution >= 0.6 is 0 Å². The van der Waals surface area contributed by atoms with Gasteiger partial charge in [0.05, 0.1) is 0 Å². The summed E-state index contributed by atoms with van der Waals surface area (Å²) in [7, 11) is 4.25. The number of nitrogens with zero attached hydrogens (tertiary/aromatic N) is 6. The molecule has 0 N–H and O–H groups in total. The summed E-state index contributed by atoms with van der Waals surface area (Å²) < 4.78 is 0. The van der Waals surface area contributed by atoms with E-state index >= 15 is 0 Å². The molecule has 2 fully saturated rings. The number of carbonyl (C=O) groups is 1. The third-order valence-corrected chi connectivity index (χ3v) is 7.51. The molecule has 0 atom stereocenters. The van der Waals surface area contributed by atoms with Gasteiger partial charge in [-0.15, -0.1) is 0 Å². The van der Waals surface area contributed by atoms with E-state index < -0.39 is 0 Å². The Hall–Kier alpha value is -3.29. The van der Waals surface area contributed by atoms with Crippen molar-refractivity contribution in [3.8, 4) is 11.4 Å². The Morgan fingerprint density at radius 3 is 2.22 bits per heavy atom. The van der Waals surface area contributed by atoms with Gasteiger partial charge in [0.2, 0.25) is 0 Å². The van der Waals surface area contributed by atoms with E-state index in [1.807, 2.05) is 41.3 Å². The summed E-state index contributed by atoms with van der Waals surface area (Å²) in [5.41, 5.74) is 2.88. The van der Waals surface area contributed by atoms with Gasteiger partial charge >= 0.3 is 0 Å². The van der Waals surface area contributed by atoms with Crippen molar-refractivity contribution in [3.05, 3.63) is 78.0 Å². The van der Waals surface area contributed by atoms with Gasteiger partial charge in [0.25, 0.3) is 5.91 Å². The molecule has 2 saturated heterocycles. The molecular formula is C29H36N6O. The molecule has 3 aromatic rings. The maximum Gasteiger partial charge on any atom is 0.259 e. The Kier molecular flexibility index (Phi) is 7.58. The lowest BCUT2D eigenvalue weighted by Gasteiger charge is -2.38. The highest BCUT2D eigenvalue weighted by Crippen LogP contribution is 2.27. The largest absolute Gasteiger partial charge is 0.356 e. The lowest BCUT2D eigenvalue weighted by molar-refractivity contribution is 0.0628. The molecule has 0 radical (unpaired) electrons. The van der Waals surface area contributed by atoms with E-state index in [-0.39, 0.29) is 5.91 Å². The van der Waals surface area contributed by atoms with Crippen molar-refractivity contribution in [2.24, 2.45) is 0 Å². The predicted molar refractivity (Wildman–Crippen MR) is 144 cm³/mol. The summed E-state index contributed by atoms with van der Waals surface area (Å²) in [6.45, 7) is 6.18. The van der Waals surface area contributed by atoms with Crippen LogP contribution in [-0.2, 0) is 6.54 Å². The van der Waals surface area contributed by atoms with Crippen LogP contribution in [0.3, 0.4) is 0 Å². The number of hydrogen-bond acceptors (Lipinski definition) is 6. The lowest BCUT2D eigenvalue weighted by atomic mass is 10.0. The summed E-state index contributed by atoms with van der Waals surface area (Å²) in [6.07, 6.45) is 3.86. The number of rotatable bonds is 6. The number of aromatic nitrogens is 2. The van der Waals surface area contributed by atoms with Crippen LogP contribution in [-0.4, -0.2) is 90.0 Å². The molecule has 2 aromatic carbocycles. The van der Waals surface area contributed by atoms with E-state index in [4.69, 9.17) is 4.98 Å². The molecule has 0 aliphatic carbocycles. The summed E-state index contributed by atoms with van der Waals surface area (Å²) in [6, 6.07) is 20.9. The Labute approximate surface area is 214 Å². The van der Waals surface area contributed by atoms with Crippen LogP contribution in [0, 0.1) is 0 Å². The quantitative estimate of drug-likeness (QED) is 0.533.